The van der Waals surface area contributed by atoms with E-state index in [4.69, 9.17) is 10.5 Å². The highest BCUT2D eigenvalue weighted by atomic mass is 16.5. The lowest BCUT2D eigenvalue weighted by Gasteiger charge is -2.19. The molecule has 0 rings (SSSR count). The van der Waals surface area contributed by atoms with E-state index in [-0.39, 0.29) is 24.3 Å². The maximum Gasteiger partial charge on any atom is 0.241 e. The van der Waals surface area contributed by atoms with Gasteiger partial charge in [0.1, 0.15) is 0 Å². The number of hydrogen-bond donors (Lipinski definition) is 2. The first-order valence-electron chi connectivity index (χ1n) is 6.16. The number of nitrogens with zero attached hydrogens (tertiary/aromatic N) is 1. The molecule has 0 aromatic heterocycles. The van der Waals surface area contributed by atoms with Gasteiger partial charge in [-0.3, -0.25) is 9.59 Å². The average molecular weight is 259 g/mol. The number of rotatable bonds is 8. The number of nitrogens with one attached hydrogen (secondary N) is 1. The molecule has 0 aliphatic carbocycles. The lowest BCUT2D eigenvalue weighted by Crippen LogP contribution is -2.47. The summed E-state index contributed by atoms with van der Waals surface area (Å²) in [5, 5.41) is 2.55. The highest BCUT2D eigenvalue weighted by Gasteiger charge is 2.18. The molecule has 1 atom stereocenters. The molecule has 0 spiro atoms. The Hall–Kier alpha value is -1.14. The van der Waals surface area contributed by atoms with Crippen molar-refractivity contribution in [1.29, 1.82) is 0 Å². The lowest BCUT2D eigenvalue weighted by molar-refractivity contribution is -0.132. The number of hydrogen-bond acceptors (Lipinski definition) is 4. The van der Waals surface area contributed by atoms with Gasteiger partial charge in [0.2, 0.25) is 11.8 Å². The lowest BCUT2D eigenvalue weighted by atomic mass is 10.1. The van der Waals surface area contributed by atoms with Crippen LogP contribution in [-0.2, 0) is 14.3 Å². The Balaban J connectivity index is 3.91. The second-order valence-corrected chi connectivity index (χ2v) is 4.65. The van der Waals surface area contributed by atoms with Gasteiger partial charge in [-0.25, -0.2) is 0 Å². The molecule has 0 unspecified atom stereocenters. The van der Waals surface area contributed by atoms with E-state index in [1.807, 2.05) is 13.8 Å². The molecule has 0 aromatic carbocycles. The SMILES string of the molecule is COCCCN(C)C(=O)CNC(=O)[C@@H](N)C(C)C. The van der Waals surface area contributed by atoms with Gasteiger partial charge in [-0.05, 0) is 12.3 Å². The van der Waals surface area contributed by atoms with Crippen LogP contribution in [0, 0.1) is 5.92 Å². The molecule has 0 aliphatic heterocycles. The van der Waals surface area contributed by atoms with E-state index in [2.05, 4.69) is 5.32 Å². The summed E-state index contributed by atoms with van der Waals surface area (Å²) in [5.74, 6) is -0.362. The largest absolute Gasteiger partial charge is 0.385 e. The molecule has 0 saturated carbocycles. The topological polar surface area (TPSA) is 84.7 Å². The van der Waals surface area contributed by atoms with Gasteiger partial charge >= 0.3 is 0 Å². The molecule has 0 fully saturated rings. The highest BCUT2D eigenvalue weighted by molar-refractivity contribution is 5.87. The summed E-state index contributed by atoms with van der Waals surface area (Å²) in [6.45, 7) is 4.94. The molecule has 0 aromatic rings. The van der Waals surface area contributed by atoms with Crippen LogP contribution in [0.2, 0.25) is 0 Å². The predicted molar refractivity (Wildman–Crippen MR) is 70.0 cm³/mol. The monoisotopic (exact) mass is 259 g/mol. The van der Waals surface area contributed by atoms with Crippen molar-refractivity contribution in [3.05, 3.63) is 0 Å². The zero-order valence-corrected chi connectivity index (χ0v) is 11.7. The molecular formula is C12H25N3O3. The fourth-order valence-corrected chi connectivity index (χ4v) is 1.29. The first-order chi connectivity index (χ1) is 8.40. The van der Waals surface area contributed by atoms with Gasteiger partial charge in [0.15, 0.2) is 0 Å². The van der Waals surface area contributed by atoms with E-state index in [0.717, 1.165) is 6.42 Å². The molecule has 2 amide bonds. The standard InChI is InChI=1S/C12H25N3O3/c1-9(2)11(13)12(17)14-8-10(16)15(3)6-5-7-18-4/h9,11H,5-8,13H2,1-4H3,(H,14,17)/t11-/m0/s1. The van der Waals surface area contributed by atoms with Gasteiger partial charge in [-0.1, -0.05) is 13.8 Å². The first kappa shape index (κ1) is 16.9. The smallest absolute Gasteiger partial charge is 0.241 e. The summed E-state index contributed by atoms with van der Waals surface area (Å²) in [7, 11) is 3.32. The Morgan fingerprint density at radius 3 is 2.50 bits per heavy atom. The fourth-order valence-electron chi connectivity index (χ4n) is 1.29. The molecule has 0 aliphatic rings. The van der Waals surface area contributed by atoms with Crippen LogP contribution in [0.3, 0.4) is 0 Å². The van der Waals surface area contributed by atoms with Crippen molar-refractivity contribution in [1.82, 2.24) is 10.2 Å². The van der Waals surface area contributed by atoms with E-state index >= 15 is 0 Å². The molecule has 0 heterocycles. The number of nitrogens with two attached hydrogens (primary N) is 1. The van der Waals surface area contributed by atoms with Crippen molar-refractivity contribution in [2.45, 2.75) is 26.3 Å². The molecule has 3 N–H and O–H groups in total. The van der Waals surface area contributed by atoms with Crippen LogP contribution in [0.25, 0.3) is 0 Å². The van der Waals surface area contributed by atoms with Crippen LogP contribution in [0.5, 0.6) is 0 Å². The van der Waals surface area contributed by atoms with Crippen LogP contribution in [0.1, 0.15) is 20.3 Å². The predicted octanol–water partition coefficient (Wildman–Crippen LogP) is -0.419. The fraction of sp³-hybridized carbons (Fsp3) is 0.833. The Morgan fingerprint density at radius 1 is 1.39 bits per heavy atom. The average Bonchev–Trinajstić information content (AvgIpc) is 2.34. The van der Waals surface area contributed by atoms with E-state index in [1.165, 1.54) is 0 Å². The normalized spacial score (nSPS) is 12.3. The molecule has 0 saturated heterocycles. The van der Waals surface area contributed by atoms with Gasteiger partial charge in [0, 0.05) is 27.3 Å². The minimum Gasteiger partial charge on any atom is -0.385 e. The number of methoxy groups -OCH3 is 1. The Labute approximate surface area is 109 Å². The van der Waals surface area contributed by atoms with Crippen LogP contribution in [0.15, 0.2) is 0 Å². The molecule has 106 valence electrons. The van der Waals surface area contributed by atoms with Crippen LogP contribution in [-0.4, -0.2) is 56.6 Å². The second-order valence-electron chi connectivity index (χ2n) is 4.65. The van der Waals surface area contributed by atoms with Crippen LogP contribution < -0.4 is 11.1 Å². The van der Waals surface area contributed by atoms with Gasteiger partial charge < -0.3 is 20.7 Å². The van der Waals surface area contributed by atoms with Gasteiger partial charge in [0.05, 0.1) is 12.6 Å². The number of carbonyl (C=O) groups is 2. The number of ether oxygens (including phenoxy) is 1. The Bertz CT molecular complexity index is 269. The summed E-state index contributed by atoms with van der Waals surface area (Å²) in [5.41, 5.74) is 5.67. The Morgan fingerprint density at radius 2 is 2.00 bits per heavy atom. The molecular weight excluding hydrogens is 234 g/mol. The molecule has 6 nitrogen and oxygen atoms in total. The van der Waals surface area contributed by atoms with Crippen molar-refractivity contribution in [3.8, 4) is 0 Å². The van der Waals surface area contributed by atoms with Crippen molar-refractivity contribution >= 4 is 11.8 Å². The summed E-state index contributed by atoms with van der Waals surface area (Å²) in [4.78, 5) is 24.8. The molecule has 0 radical (unpaired) electrons. The molecule has 18 heavy (non-hydrogen) atoms. The summed E-state index contributed by atoms with van der Waals surface area (Å²) in [6.07, 6.45) is 0.776. The number of amides is 2. The number of likely N-dealkylation sites (N-methyl/N-ethyl adjacent to an activating group) is 1. The van der Waals surface area contributed by atoms with E-state index in [9.17, 15) is 9.59 Å². The van der Waals surface area contributed by atoms with Gasteiger partial charge in [-0.2, -0.15) is 0 Å². The van der Waals surface area contributed by atoms with E-state index in [0.29, 0.717) is 13.2 Å². The molecule has 6 heteroatoms. The van der Waals surface area contributed by atoms with E-state index < -0.39 is 6.04 Å². The van der Waals surface area contributed by atoms with Crippen molar-refractivity contribution in [3.63, 3.8) is 0 Å². The third-order valence-electron chi connectivity index (χ3n) is 2.70. The minimum absolute atomic E-state index is 0.0112. The summed E-state index contributed by atoms with van der Waals surface area (Å²) >= 11 is 0. The first-order valence-corrected chi connectivity index (χ1v) is 6.16. The second kappa shape index (κ2) is 8.88. The maximum atomic E-state index is 11.7. The zero-order valence-electron chi connectivity index (χ0n) is 11.7. The molecule has 0 bridgehead atoms. The Kier molecular flexibility index (Phi) is 8.32. The zero-order chi connectivity index (χ0) is 14.1. The third kappa shape index (κ3) is 6.56. The van der Waals surface area contributed by atoms with Crippen LogP contribution >= 0.6 is 0 Å². The van der Waals surface area contributed by atoms with Crippen LogP contribution in [0.4, 0.5) is 0 Å². The summed E-state index contributed by atoms with van der Waals surface area (Å²) < 4.78 is 4.90. The van der Waals surface area contributed by atoms with Crippen molar-refractivity contribution in [2.24, 2.45) is 11.7 Å². The van der Waals surface area contributed by atoms with Gasteiger partial charge in [-0.15, -0.1) is 0 Å². The maximum absolute atomic E-state index is 11.7. The quantitative estimate of drug-likeness (QED) is 0.580. The minimum atomic E-state index is -0.573. The third-order valence-corrected chi connectivity index (χ3v) is 2.70. The highest BCUT2D eigenvalue weighted by Crippen LogP contribution is 1.97. The summed E-state index contributed by atoms with van der Waals surface area (Å²) in [6, 6.07) is -0.573. The van der Waals surface area contributed by atoms with Crippen molar-refractivity contribution in [2.75, 3.05) is 33.9 Å². The van der Waals surface area contributed by atoms with Gasteiger partial charge in [0.25, 0.3) is 0 Å². The van der Waals surface area contributed by atoms with Crippen molar-refractivity contribution < 1.29 is 14.3 Å². The number of carbonyl (C=O) groups excluding carboxylic acids is 2. The van der Waals surface area contributed by atoms with E-state index in [1.54, 1.807) is 19.1 Å².